The fraction of sp³-hybridized carbons (Fsp3) is 0.286. The number of sulfonamides is 1. The molecule has 30 heavy (non-hydrogen) atoms. The van der Waals surface area contributed by atoms with Crippen LogP contribution < -0.4 is 4.90 Å². The molecule has 0 spiro atoms. The van der Waals surface area contributed by atoms with Crippen LogP contribution in [0.4, 0.5) is 5.69 Å². The van der Waals surface area contributed by atoms with Gasteiger partial charge in [-0.15, -0.1) is 0 Å². The molecule has 0 unspecified atom stereocenters. The predicted molar refractivity (Wildman–Crippen MR) is 111 cm³/mol. The number of carbonyl (C=O) groups excluding carboxylic acids is 2. The van der Waals surface area contributed by atoms with Crippen molar-refractivity contribution in [1.29, 1.82) is 5.26 Å². The maximum atomic E-state index is 12.5. The number of nitrogens with zero attached hydrogens (tertiary/aromatic N) is 3. The van der Waals surface area contributed by atoms with Gasteiger partial charge in [0, 0.05) is 18.8 Å². The summed E-state index contributed by atoms with van der Waals surface area (Å²) in [5.74, 6) is -1.31. The van der Waals surface area contributed by atoms with Gasteiger partial charge in [0.05, 0.1) is 16.5 Å². The third kappa shape index (κ3) is 5.43. The smallest absolute Gasteiger partial charge is 0.338 e. The molecule has 0 saturated heterocycles. The summed E-state index contributed by atoms with van der Waals surface area (Å²) in [6.45, 7) is 3.44. The van der Waals surface area contributed by atoms with Crippen LogP contribution >= 0.6 is 0 Å². The van der Waals surface area contributed by atoms with Crippen molar-refractivity contribution < 1.29 is 22.7 Å². The van der Waals surface area contributed by atoms with E-state index in [0.29, 0.717) is 18.8 Å². The van der Waals surface area contributed by atoms with Gasteiger partial charge in [0.2, 0.25) is 10.0 Å². The normalized spacial score (nSPS) is 11.0. The molecule has 2 aromatic carbocycles. The number of esters is 1. The van der Waals surface area contributed by atoms with E-state index in [-0.39, 0.29) is 17.0 Å². The quantitative estimate of drug-likeness (QED) is 0.447. The summed E-state index contributed by atoms with van der Waals surface area (Å²) in [4.78, 5) is 26.0. The average molecular weight is 429 g/mol. The lowest BCUT2D eigenvalue weighted by molar-refractivity contribution is -0.121. The number of ether oxygens (including phenoxy) is 1. The van der Waals surface area contributed by atoms with E-state index in [0.717, 1.165) is 0 Å². The van der Waals surface area contributed by atoms with Crippen LogP contribution in [-0.4, -0.2) is 50.8 Å². The van der Waals surface area contributed by atoms with Gasteiger partial charge in [-0.05, 0) is 36.4 Å². The Hall–Kier alpha value is -3.22. The Morgan fingerprint density at radius 3 is 2.13 bits per heavy atom. The van der Waals surface area contributed by atoms with Crippen LogP contribution in [0.3, 0.4) is 0 Å². The topological polar surface area (TPSA) is 108 Å². The Bertz CT molecular complexity index is 1010. The minimum atomic E-state index is -3.63. The second-order valence-corrected chi connectivity index (χ2v) is 8.10. The van der Waals surface area contributed by atoms with E-state index in [9.17, 15) is 18.0 Å². The number of benzene rings is 2. The number of para-hydroxylation sites is 1. The zero-order valence-electron chi connectivity index (χ0n) is 16.8. The molecule has 8 nitrogen and oxygen atoms in total. The lowest BCUT2D eigenvalue weighted by Crippen LogP contribution is -2.35. The second-order valence-electron chi connectivity index (χ2n) is 6.16. The van der Waals surface area contributed by atoms with Crippen molar-refractivity contribution in [1.82, 2.24) is 4.31 Å². The first-order valence-corrected chi connectivity index (χ1v) is 10.8. The van der Waals surface area contributed by atoms with E-state index >= 15 is 0 Å². The van der Waals surface area contributed by atoms with Gasteiger partial charge in [-0.3, -0.25) is 9.69 Å². The van der Waals surface area contributed by atoms with E-state index in [4.69, 9.17) is 10.00 Å². The van der Waals surface area contributed by atoms with Crippen molar-refractivity contribution in [3.05, 3.63) is 60.2 Å². The molecule has 2 aromatic rings. The molecule has 0 aliphatic carbocycles. The summed E-state index contributed by atoms with van der Waals surface area (Å²) >= 11 is 0. The Morgan fingerprint density at radius 1 is 1.00 bits per heavy atom. The highest BCUT2D eigenvalue weighted by atomic mass is 32.2. The average Bonchev–Trinajstić information content (AvgIpc) is 2.77. The van der Waals surface area contributed by atoms with Gasteiger partial charge in [-0.2, -0.15) is 9.57 Å². The number of hydrogen-bond donors (Lipinski definition) is 0. The van der Waals surface area contributed by atoms with Crippen LogP contribution in [0.2, 0.25) is 0 Å². The number of amides is 1. The summed E-state index contributed by atoms with van der Waals surface area (Å²) in [6, 6.07) is 15.8. The zero-order chi connectivity index (χ0) is 22.1. The van der Waals surface area contributed by atoms with Crippen molar-refractivity contribution in [2.75, 3.05) is 31.1 Å². The maximum absolute atomic E-state index is 12.5. The van der Waals surface area contributed by atoms with Crippen molar-refractivity contribution in [3.8, 4) is 6.07 Å². The van der Waals surface area contributed by atoms with Gasteiger partial charge in [0.25, 0.3) is 5.91 Å². The van der Waals surface area contributed by atoms with Crippen LogP contribution in [-0.2, 0) is 19.6 Å². The third-order valence-corrected chi connectivity index (χ3v) is 6.42. The van der Waals surface area contributed by atoms with Crippen LogP contribution in [0.1, 0.15) is 24.2 Å². The molecule has 0 aliphatic rings. The molecule has 0 fully saturated rings. The van der Waals surface area contributed by atoms with E-state index in [2.05, 4.69) is 0 Å². The highest BCUT2D eigenvalue weighted by Gasteiger charge is 2.22. The number of rotatable bonds is 9. The fourth-order valence-corrected chi connectivity index (χ4v) is 4.22. The number of nitriles is 1. The van der Waals surface area contributed by atoms with Gasteiger partial charge in [-0.25, -0.2) is 13.2 Å². The monoisotopic (exact) mass is 429 g/mol. The van der Waals surface area contributed by atoms with E-state index in [1.165, 1.54) is 33.5 Å². The molecule has 0 aromatic heterocycles. The number of carbonyl (C=O) groups is 2. The van der Waals surface area contributed by atoms with E-state index in [1.54, 1.807) is 44.2 Å². The molecular formula is C21H23N3O5S. The molecule has 0 saturated carbocycles. The zero-order valence-corrected chi connectivity index (χ0v) is 17.6. The summed E-state index contributed by atoms with van der Waals surface area (Å²) in [5, 5.41) is 8.96. The standard InChI is InChI=1S/C21H23N3O5S/c1-3-23(4-2)30(27,28)19-12-10-17(11-13-19)21(26)29-16-20(25)24(15-14-22)18-8-6-5-7-9-18/h5-13H,3-4,15-16H2,1-2H3. The molecule has 158 valence electrons. The van der Waals surface area contributed by atoms with E-state index < -0.39 is 28.5 Å². The number of hydrogen-bond acceptors (Lipinski definition) is 6. The minimum absolute atomic E-state index is 0.0723. The summed E-state index contributed by atoms with van der Waals surface area (Å²) in [5.41, 5.74) is 0.638. The number of anilines is 1. The molecule has 9 heteroatoms. The summed E-state index contributed by atoms with van der Waals surface area (Å²) < 4.78 is 31.4. The molecule has 0 N–H and O–H groups in total. The first-order valence-electron chi connectivity index (χ1n) is 9.34. The molecule has 0 heterocycles. The molecule has 0 atom stereocenters. The third-order valence-electron chi connectivity index (χ3n) is 4.36. The van der Waals surface area contributed by atoms with Gasteiger partial charge >= 0.3 is 5.97 Å². The van der Waals surface area contributed by atoms with Crippen molar-refractivity contribution in [3.63, 3.8) is 0 Å². The first-order chi connectivity index (χ1) is 14.3. The molecular weight excluding hydrogens is 406 g/mol. The van der Waals surface area contributed by atoms with Crippen molar-refractivity contribution in [2.45, 2.75) is 18.7 Å². The largest absolute Gasteiger partial charge is 0.452 e. The van der Waals surface area contributed by atoms with Gasteiger partial charge in [-0.1, -0.05) is 32.0 Å². The predicted octanol–water partition coefficient (Wildman–Crippen LogP) is 2.43. The highest BCUT2D eigenvalue weighted by molar-refractivity contribution is 7.89. The van der Waals surface area contributed by atoms with Gasteiger partial charge < -0.3 is 4.74 Å². The van der Waals surface area contributed by atoms with Crippen LogP contribution in [0, 0.1) is 11.3 Å². The lowest BCUT2D eigenvalue weighted by atomic mass is 10.2. The molecule has 1 amide bonds. The Labute approximate surface area is 176 Å². The van der Waals surface area contributed by atoms with Crippen LogP contribution in [0.5, 0.6) is 0 Å². The Balaban J connectivity index is 2.06. The fourth-order valence-electron chi connectivity index (χ4n) is 2.77. The second kappa shape index (κ2) is 10.5. The Morgan fingerprint density at radius 2 is 1.60 bits per heavy atom. The minimum Gasteiger partial charge on any atom is -0.452 e. The SMILES string of the molecule is CCN(CC)S(=O)(=O)c1ccc(C(=O)OCC(=O)N(CC#N)c2ccccc2)cc1. The van der Waals surface area contributed by atoms with Crippen molar-refractivity contribution >= 4 is 27.6 Å². The lowest BCUT2D eigenvalue weighted by Gasteiger charge is -2.19. The first kappa shape index (κ1) is 23.1. The maximum Gasteiger partial charge on any atom is 0.338 e. The van der Waals surface area contributed by atoms with Crippen LogP contribution in [0.15, 0.2) is 59.5 Å². The van der Waals surface area contributed by atoms with Crippen molar-refractivity contribution in [2.24, 2.45) is 0 Å². The Kier molecular flexibility index (Phi) is 8.09. The van der Waals surface area contributed by atoms with E-state index in [1.807, 2.05) is 6.07 Å². The van der Waals surface area contributed by atoms with Gasteiger partial charge in [0.1, 0.15) is 6.54 Å². The van der Waals surface area contributed by atoms with Crippen LogP contribution in [0.25, 0.3) is 0 Å². The molecule has 0 radical (unpaired) electrons. The molecule has 0 aliphatic heterocycles. The molecule has 0 bridgehead atoms. The molecule has 2 rings (SSSR count). The summed E-state index contributed by atoms with van der Waals surface area (Å²) in [6.07, 6.45) is 0. The van der Waals surface area contributed by atoms with Gasteiger partial charge in [0.15, 0.2) is 6.61 Å². The summed E-state index contributed by atoms with van der Waals surface area (Å²) in [7, 11) is -3.63. The highest BCUT2D eigenvalue weighted by Crippen LogP contribution is 2.17.